The molecule has 0 atom stereocenters. The zero-order chi connectivity index (χ0) is 19.5. The summed E-state index contributed by atoms with van der Waals surface area (Å²) in [4.78, 5) is 30.3. The maximum atomic E-state index is 13.1. The van der Waals surface area contributed by atoms with Crippen molar-refractivity contribution in [3.63, 3.8) is 0 Å². The number of fused-ring (bicyclic) bond motifs is 1. The lowest BCUT2D eigenvalue weighted by Gasteiger charge is -2.13. The predicted octanol–water partition coefficient (Wildman–Crippen LogP) is 4.35. The summed E-state index contributed by atoms with van der Waals surface area (Å²) < 4.78 is 1.52. The van der Waals surface area contributed by atoms with Gasteiger partial charge in [0, 0.05) is 11.6 Å². The summed E-state index contributed by atoms with van der Waals surface area (Å²) in [7, 11) is 0. The van der Waals surface area contributed by atoms with Gasteiger partial charge in [0.25, 0.3) is 11.5 Å². The number of hydrogen-bond acceptors (Lipinski definition) is 3. The molecule has 0 radical (unpaired) electrons. The molecule has 0 spiro atoms. The van der Waals surface area contributed by atoms with Crippen molar-refractivity contribution < 1.29 is 4.79 Å². The van der Waals surface area contributed by atoms with Crippen LogP contribution in [0.2, 0.25) is 5.02 Å². The minimum Gasteiger partial charge on any atom is -0.320 e. The van der Waals surface area contributed by atoms with E-state index in [2.05, 4.69) is 10.3 Å². The van der Waals surface area contributed by atoms with Gasteiger partial charge in [0.2, 0.25) is 0 Å². The molecule has 4 aromatic rings. The van der Waals surface area contributed by atoms with Crippen LogP contribution in [0.25, 0.3) is 11.0 Å². The standard InChI is InChI=1S/C22H16ClN3O2/c23-18-10-4-5-11-19(18)25-21(27)17-13-16-9-6-12-24-20(16)26(22(17)28)14-15-7-2-1-3-8-15/h1-13H,14H2,(H,25,27). The van der Waals surface area contributed by atoms with Crippen LogP contribution in [0.5, 0.6) is 0 Å². The van der Waals surface area contributed by atoms with Gasteiger partial charge in [-0.2, -0.15) is 0 Å². The Labute approximate surface area is 166 Å². The van der Waals surface area contributed by atoms with Crippen molar-refractivity contribution in [1.82, 2.24) is 9.55 Å². The number of carbonyl (C=O) groups is 1. The fourth-order valence-electron chi connectivity index (χ4n) is 3.03. The van der Waals surface area contributed by atoms with E-state index in [-0.39, 0.29) is 5.56 Å². The van der Waals surface area contributed by atoms with Crippen molar-refractivity contribution in [2.24, 2.45) is 0 Å². The zero-order valence-corrected chi connectivity index (χ0v) is 15.6. The van der Waals surface area contributed by atoms with E-state index in [0.29, 0.717) is 28.3 Å². The van der Waals surface area contributed by atoms with Gasteiger partial charge in [-0.05, 0) is 35.9 Å². The minimum absolute atomic E-state index is 0.0383. The molecule has 6 heteroatoms. The number of rotatable bonds is 4. The van der Waals surface area contributed by atoms with Crippen molar-refractivity contribution in [2.45, 2.75) is 6.54 Å². The Kier molecular flexibility index (Phi) is 4.91. The number of pyridine rings is 2. The molecule has 0 fully saturated rings. The molecule has 0 saturated heterocycles. The number of carbonyl (C=O) groups excluding carboxylic acids is 1. The molecular weight excluding hydrogens is 374 g/mol. The van der Waals surface area contributed by atoms with E-state index in [1.54, 1.807) is 42.6 Å². The van der Waals surface area contributed by atoms with E-state index >= 15 is 0 Å². The van der Waals surface area contributed by atoms with Crippen LogP contribution in [-0.4, -0.2) is 15.5 Å². The second-order valence-electron chi connectivity index (χ2n) is 6.29. The maximum absolute atomic E-state index is 13.1. The van der Waals surface area contributed by atoms with E-state index in [9.17, 15) is 9.59 Å². The van der Waals surface area contributed by atoms with Crippen molar-refractivity contribution in [1.29, 1.82) is 0 Å². The third kappa shape index (κ3) is 3.52. The predicted molar refractivity (Wildman–Crippen MR) is 111 cm³/mol. The highest BCUT2D eigenvalue weighted by Gasteiger charge is 2.17. The highest BCUT2D eigenvalue weighted by Crippen LogP contribution is 2.21. The number of amides is 1. The lowest BCUT2D eigenvalue weighted by molar-refractivity contribution is 0.102. The van der Waals surface area contributed by atoms with E-state index in [0.717, 1.165) is 5.56 Å². The highest BCUT2D eigenvalue weighted by atomic mass is 35.5. The van der Waals surface area contributed by atoms with Crippen LogP contribution < -0.4 is 10.9 Å². The molecule has 28 heavy (non-hydrogen) atoms. The normalized spacial score (nSPS) is 10.8. The van der Waals surface area contributed by atoms with E-state index in [1.165, 1.54) is 4.57 Å². The van der Waals surface area contributed by atoms with Crippen LogP contribution >= 0.6 is 11.6 Å². The molecule has 0 aliphatic carbocycles. The van der Waals surface area contributed by atoms with Crippen LogP contribution in [0.15, 0.2) is 83.8 Å². The number of halogens is 1. The largest absolute Gasteiger partial charge is 0.320 e. The van der Waals surface area contributed by atoms with Gasteiger partial charge in [0.05, 0.1) is 17.3 Å². The summed E-state index contributed by atoms with van der Waals surface area (Å²) in [6.45, 7) is 0.320. The van der Waals surface area contributed by atoms with Gasteiger partial charge in [0.15, 0.2) is 0 Å². The van der Waals surface area contributed by atoms with Crippen LogP contribution in [0.1, 0.15) is 15.9 Å². The average Bonchev–Trinajstić information content (AvgIpc) is 2.72. The second kappa shape index (κ2) is 7.66. The molecule has 1 N–H and O–H groups in total. The molecule has 4 rings (SSSR count). The molecular formula is C22H16ClN3O2. The third-order valence-electron chi connectivity index (χ3n) is 4.40. The van der Waals surface area contributed by atoms with Crippen molar-refractivity contribution in [3.8, 4) is 0 Å². The summed E-state index contributed by atoms with van der Waals surface area (Å²) in [5, 5.41) is 3.83. The zero-order valence-electron chi connectivity index (χ0n) is 14.8. The molecule has 2 aromatic heterocycles. The van der Waals surface area contributed by atoms with Crippen LogP contribution in [0.3, 0.4) is 0 Å². The monoisotopic (exact) mass is 389 g/mol. The number of para-hydroxylation sites is 1. The maximum Gasteiger partial charge on any atom is 0.265 e. The molecule has 2 aromatic carbocycles. The van der Waals surface area contributed by atoms with Gasteiger partial charge in [-0.25, -0.2) is 4.98 Å². The topological polar surface area (TPSA) is 64.0 Å². The van der Waals surface area contributed by atoms with Crippen LogP contribution in [-0.2, 0) is 6.54 Å². The number of hydrogen-bond donors (Lipinski definition) is 1. The molecule has 0 bridgehead atoms. The third-order valence-corrected chi connectivity index (χ3v) is 4.73. The molecule has 0 saturated carbocycles. The van der Waals surface area contributed by atoms with E-state index in [4.69, 9.17) is 11.6 Å². The Hall–Kier alpha value is -3.44. The van der Waals surface area contributed by atoms with E-state index < -0.39 is 11.5 Å². The van der Waals surface area contributed by atoms with Crippen LogP contribution in [0, 0.1) is 0 Å². The van der Waals surface area contributed by atoms with Gasteiger partial charge in [0.1, 0.15) is 11.2 Å². The Morgan fingerprint density at radius 1 is 1.00 bits per heavy atom. The average molecular weight is 390 g/mol. The first-order valence-corrected chi connectivity index (χ1v) is 9.09. The first-order valence-electron chi connectivity index (χ1n) is 8.72. The lowest BCUT2D eigenvalue weighted by atomic mass is 10.1. The Balaban J connectivity index is 1.81. The molecule has 2 heterocycles. The number of anilines is 1. The second-order valence-corrected chi connectivity index (χ2v) is 6.69. The molecule has 0 unspecified atom stereocenters. The van der Waals surface area contributed by atoms with Crippen molar-refractivity contribution in [3.05, 3.63) is 105 Å². The van der Waals surface area contributed by atoms with Gasteiger partial charge in [-0.15, -0.1) is 0 Å². The summed E-state index contributed by atoms with van der Waals surface area (Å²) in [5.41, 5.74) is 1.57. The van der Waals surface area contributed by atoms with Crippen LogP contribution in [0.4, 0.5) is 5.69 Å². The number of nitrogens with zero attached hydrogens (tertiary/aromatic N) is 2. The molecule has 5 nitrogen and oxygen atoms in total. The molecule has 1 amide bonds. The first-order chi connectivity index (χ1) is 13.6. The fraction of sp³-hybridized carbons (Fsp3) is 0.0455. The highest BCUT2D eigenvalue weighted by molar-refractivity contribution is 6.33. The number of nitrogens with one attached hydrogen (secondary N) is 1. The van der Waals surface area contributed by atoms with Gasteiger partial charge < -0.3 is 5.32 Å². The number of benzene rings is 2. The smallest absolute Gasteiger partial charge is 0.265 e. The summed E-state index contributed by atoms with van der Waals surface area (Å²) in [6.07, 6.45) is 1.63. The lowest BCUT2D eigenvalue weighted by Crippen LogP contribution is -2.30. The Morgan fingerprint density at radius 2 is 1.75 bits per heavy atom. The molecule has 138 valence electrons. The van der Waals surface area contributed by atoms with Crippen molar-refractivity contribution in [2.75, 3.05) is 5.32 Å². The van der Waals surface area contributed by atoms with Crippen molar-refractivity contribution >= 4 is 34.2 Å². The number of aromatic nitrogens is 2. The Bertz CT molecular complexity index is 1220. The van der Waals surface area contributed by atoms with Gasteiger partial charge in [-0.3, -0.25) is 14.2 Å². The SMILES string of the molecule is O=C(Nc1ccccc1Cl)c1cc2cccnc2n(Cc2ccccc2)c1=O. The summed E-state index contributed by atoms with van der Waals surface area (Å²) in [6, 6.07) is 21.6. The van der Waals surface area contributed by atoms with E-state index in [1.807, 2.05) is 36.4 Å². The minimum atomic E-state index is -0.509. The summed E-state index contributed by atoms with van der Waals surface area (Å²) in [5.74, 6) is -0.509. The molecule has 0 aliphatic rings. The molecule has 0 aliphatic heterocycles. The fourth-order valence-corrected chi connectivity index (χ4v) is 3.22. The summed E-state index contributed by atoms with van der Waals surface area (Å²) >= 11 is 6.12. The Morgan fingerprint density at radius 3 is 2.54 bits per heavy atom. The first kappa shape index (κ1) is 17.9. The quantitative estimate of drug-likeness (QED) is 0.564. The van der Waals surface area contributed by atoms with Gasteiger partial charge >= 0.3 is 0 Å². The van der Waals surface area contributed by atoms with Gasteiger partial charge in [-0.1, -0.05) is 54.1 Å².